The van der Waals surface area contributed by atoms with Gasteiger partial charge in [0.25, 0.3) is 0 Å². The first-order valence-corrected chi connectivity index (χ1v) is 7.03. The number of benzene rings is 1. The van der Waals surface area contributed by atoms with Gasteiger partial charge >= 0.3 is 11.9 Å². The summed E-state index contributed by atoms with van der Waals surface area (Å²) < 4.78 is 15.4. The number of ether oxygens (including phenoxy) is 3. The molecule has 7 heteroatoms. The summed E-state index contributed by atoms with van der Waals surface area (Å²) in [4.78, 5) is 23.7. The minimum Gasteiger partial charge on any atom is -0.497 e. The van der Waals surface area contributed by atoms with Gasteiger partial charge in [0.1, 0.15) is 17.1 Å². The molecule has 128 valence electrons. The predicted octanol–water partition coefficient (Wildman–Crippen LogP) is 1.75. The lowest BCUT2D eigenvalue weighted by atomic mass is 9.93. The van der Waals surface area contributed by atoms with Crippen LogP contribution in [0.3, 0.4) is 0 Å². The molecule has 3 N–H and O–H groups in total. The third-order valence-electron chi connectivity index (χ3n) is 3.04. The van der Waals surface area contributed by atoms with E-state index in [1.165, 1.54) is 14.2 Å². The molecule has 7 nitrogen and oxygen atoms in total. The first-order valence-electron chi connectivity index (χ1n) is 7.03. The molecular formula is C16H23NO6. The summed E-state index contributed by atoms with van der Waals surface area (Å²) in [7, 11) is 2.93. The van der Waals surface area contributed by atoms with Crippen molar-refractivity contribution in [2.75, 3.05) is 14.2 Å². The molecular weight excluding hydrogens is 302 g/mol. The van der Waals surface area contributed by atoms with Gasteiger partial charge in [-0.15, -0.1) is 0 Å². The molecule has 2 atom stereocenters. The third-order valence-corrected chi connectivity index (χ3v) is 3.04. The Morgan fingerprint density at radius 3 is 1.91 bits per heavy atom. The fourth-order valence-electron chi connectivity index (χ4n) is 1.98. The summed E-state index contributed by atoms with van der Waals surface area (Å²) in [5, 5.41) is 9.38. The Balaban J connectivity index is 3.18. The molecule has 0 aromatic heterocycles. The smallest absolute Gasteiger partial charge is 0.322 e. The summed E-state index contributed by atoms with van der Waals surface area (Å²) in [6, 6.07) is 3.65. The molecule has 0 fully saturated rings. The van der Waals surface area contributed by atoms with Gasteiger partial charge in [-0.3, -0.25) is 9.59 Å². The average molecular weight is 325 g/mol. The zero-order valence-corrected chi connectivity index (χ0v) is 14.0. The lowest BCUT2D eigenvalue weighted by Gasteiger charge is -2.25. The maximum Gasteiger partial charge on any atom is 0.322 e. The standard InChI is InChI=1S/C16H23NO6/c1-16(2,3)23-15(20)12(14(18)19)13(17)9-6-10(21-4)8-11(7-9)22-5/h6-8,12-13H,17H2,1-5H3,(H,18,19). The molecule has 0 aliphatic carbocycles. The molecule has 0 spiro atoms. The number of carboxylic acid groups (broad SMARTS) is 1. The van der Waals surface area contributed by atoms with Crippen LogP contribution in [0.25, 0.3) is 0 Å². The Morgan fingerprint density at radius 2 is 1.57 bits per heavy atom. The Kier molecular flexibility index (Phi) is 5.98. The maximum absolute atomic E-state index is 12.2. The van der Waals surface area contributed by atoms with E-state index < -0.39 is 29.5 Å². The first kappa shape index (κ1) is 18.8. The van der Waals surface area contributed by atoms with Gasteiger partial charge in [-0.1, -0.05) is 0 Å². The van der Waals surface area contributed by atoms with E-state index in [0.717, 1.165) is 0 Å². The molecule has 0 aliphatic rings. The quantitative estimate of drug-likeness (QED) is 0.606. The van der Waals surface area contributed by atoms with Gasteiger partial charge < -0.3 is 25.1 Å². The average Bonchev–Trinajstić information content (AvgIpc) is 2.44. The van der Waals surface area contributed by atoms with Crippen LogP contribution in [0.2, 0.25) is 0 Å². The number of carbonyl (C=O) groups is 2. The van der Waals surface area contributed by atoms with Gasteiger partial charge in [0.15, 0.2) is 5.92 Å². The second-order valence-corrected chi connectivity index (χ2v) is 6.02. The van der Waals surface area contributed by atoms with Gasteiger partial charge in [-0.05, 0) is 38.5 Å². The highest BCUT2D eigenvalue weighted by Gasteiger charge is 2.37. The van der Waals surface area contributed by atoms with Crippen LogP contribution in [0.5, 0.6) is 11.5 Å². The number of hydrogen-bond acceptors (Lipinski definition) is 6. The summed E-state index contributed by atoms with van der Waals surface area (Å²) in [5.41, 5.74) is 5.61. The van der Waals surface area contributed by atoms with Crippen molar-refractivity contribution in [3.63, 3.8) is 0 Å². The van der Waals surface area contributed by atoms with E-state index >= 15 is 0 Å². The summed E-state index contributed by atoms with van der Waals surface area (Å²) in [6.07, 6.45) is 0. The van der Waals surface area contributed by atoms with Gasteiger partial charge in [-0.2, -0.15) is 0 Å². The van der Waals surface area contributed by atoms with Crippen molar-refractivity contribution in [2.24, 2.45) is 11.7 Å². The van der Waals surface area contributed by atoms with Crippen LogP contribution in [-0.2, 0) is 14.3 Å². The summed E-state index contributed by atoms with van der Waals surface area (Å²) in [6.45, 7) is 4.97. The van der Waals surface area contributed by atoms with Crippen molar-refractivity contribution in [1.82, 2.24) is 0 Å². The number of methoxy groups -OCH3 is 2. The zero-order valence-electron chi connectivity index (χ0n) is 14.0. The van der Waals surface area contributed by atoms with Crippen LogP contribution in [0, 0.1) is 5.92 Å². The molecule has 1 rings (SSSR count). The molecule has 23 heavy (non-hydrogen) atoms. The normalized spacial score (nSPS) is 13.8. The summed E-state index contributed by atoms with van der Waals surface area (Å²) in [5.74, 6) is -2.88. The molecule has 0 saturated heterocycles. The molecule has 0 heterocycles. The Bertz CT molecular complexity index is 556. The van der Waals surface area contributed by atoms with Gasteiger partial charge in [-0.25, -0.2) is 0 Å². The van der Waals surface area contributed by atoms with Crippen molar-refractivity contribution in [1.29, 1.82) is 0 Å². The Morgan fingerprint density at radius 1 is 1.09 bits per heavy atom. The van der Waals surface area contributed by atoms with Crippen LogP contribution >= 0.6 is 0 Å². The van der Waals surface area contributed by atoms with Crippen molar-refractivity contribution in [3.05, 3.63) is 23.8 Å². The highest BCUT2D eigenvalue weighted by Crippen LogP contribution is 2.30. The molecule has 2 unspecified atom stereocenters. The minimum absolute atomic E-state index is 0.402. The largest absolute Gasteiger partial charge is 0.497 e. The van der Waals surface area contributed by atoms with Gasteiger partial charge in [0, 0.05) is 6.07 Å². The van der Waals surface area contributed by atoms with Crippen LogP contribution in [0.1, 0.15) is 32.4 Å². The molecule has 1 aromatic carbocycles. The van der Waals surface area contributed by atoms with E-state index in [1.807, 2.05) is 0 Å². The van der Waals surface area contributed by atoms with Gasteiger partial charge in [0.2, 0.25) is 0 Å². The van der Waals surface area contributed by atoms with E-state index in [-0.39, 0.29) is 0 Å². The molecule has 0 saturated carbocycles. The van der Waals surface area contributed by atoms with Crippen LogP contribution < -0.4 is 15.2 Å². The molecule has 0 amide bonds. The second-order valence-electron chi connectivity index (χ2n) is 6.02. The SMILES string of the molecule is COc1cc(OC)cc(C(N)C(C(=O)O)C(=O)OC(C)(C)C)c1. The van der Waals surface area contributed by atoms with Crippen molar-refractivity contribution in [3.8, 4) is 11.5 Å². The van der Waals surface area contributed by atoms with E-state index in [9.17, 15) is 14.7 Å². The van der Waals surface area contributed by atoms with Crippen LogP contribution in [-0.4, -0.2) is 36.9 Å². The number of aliphatic carboxylic acids is 1. The first-order chi connectivity index (χ1) is 10.6. The second kappa shape index (κ2) is 7.32. The fraction of sp³-hybridized carbons (Fsp3) is 0.500. The number of carbonyl (C=O) groups excluding carboxylic acids is 1. The van der Waals surface area contributed by atoms with Crippen LogP contribution in [0.15, 0.2) is 18.2 Å². The predicted molar refractivity (Wildman–Crippen MR) is 83.4 cm³/mol. The highest BCUT2D eigenvalue weighted by molar-refractivity contribution is 5.95. The fourth-order valence-corrected chi connectivity index (χ4v) is 1.98. The van der Waals surface area contributed by atoms with Crippen LogP contribution in [0.4, 0.5) is 0 Å². The van der Waals surface area contributed by atoms with Crippen molar-refractivity contribution in [2.45, 2.75) is 32.4 Å². The van der Waals surface area contributed by atoms with Gasteiger partial charge in [0.05, 0.1) is 20.3 Å². The lowest BCUT2D eigenvalue weighted by Crippen LogP contribution is -2.39. The third kappa shape index (κ3) is 5.14. The minimum atomic E-state index is -1.54. The summed E-state index contributed by atoms with van der Waals surface area (Å²) >= 11 is 0. The molecule has 0 aliphatic heterocycles. The van der Waals surface area contributed by atoms with E-state index in [1.54, 1.807) is 39.0 Å². The van der Waals surface area contributed by atoms with E-state index in [0.29, 0.717) is 17.1 Å². The number of hydrogen-bond donors (Lipinski definition) is 2. The zero-order chi connectivity index (χ0) is 17.8. The monoisotopic (exact) mass is 325 g/mol. The topological polar surface area (TPSA) is 108 Å². The number of carboxylic acids is 1. The lowest BCUT2D eigenvalue weighted by molar-refractivity contribution is -0.167. The number of esters is 1. The highest BCUT2D eigenvalue weighted by atomic mass is 16.6. The molecule has 0 radical (unpaired) electrons. The van der Waals surface area contributed by atoms with E-state index in [4.69, 9.17) is 19.9 Å². The molecule has 0 bridgehead atoms. The Labute approximate surface area is 135 Å². The molecule has 1 aromatic rings. The van der Waals surface area contributed by atoms with Crippen molar-refractivity contribution >= 4 is 11.9 Å². The maximum atomic E-state index is 12.2. The van der Waals surface area contributed by atoms with Crippen molar-refractivity contribution < 1.29 is 28.9 Å². The van der Waals surface area contributed by atoms with E-state index in [2.05, 4.69) is 0 Å². The number of rotatable bonds is 6. The number of nitrogens with two attached hydrogens (primary N) is 1. The Hall–Kier alpha value is -2.28.